The number of carbonyl (C=O) groups is 1. The molecular formula is C28H28N4O3. The Morgan fingerprint density at radius 2 is 1.80 bits per heavy atom. The molecule has 0 radical (unpaired) electrons. The van der Waals surface area contributed by atoms with Crippen LogP contribution in [0, 0.1) is 0 Å². The molecule has 0 atom stereocenters. The molecule has 7 nitrogen and oxygen atoms in total. The number of ether oxygens (including phenoxy) is 2. The fourth-order valence-corrected chi connectivity index (χ4v) is 4.32. The molecule has 1 aliphatic rings. The molecule has 1 N–H and O–H groups in total. The predicted octanol–water partition coefficient (Wildman–Crippen LogP) is 5.07. The number of nitrogens with one attached hydrogen (secondary N) is 1. The number of fused-ring (bicyclic) bond motifs is 1. The van der Waals surface area contributed by atoms with Gasteiger partial charge in [0.25, 0.3) is 5.91 Å². The van der Waals surface area contributed by atoms with E-state index in [0.717, 1.165) is 39.4 Å². The van der Waals surface area contributed by atoms with Gasteiger partial charge in [-0.05, 0) is 47.4 Å². The smallest absolute Gasteiger partial charge is 0.270 e. The summed E-state index contributed by atoms with van der Waals surface area (Å²) in [6.45, 7) is 5.92. The van der Waals surface area contributed by atoms with Gasteiger partial charge in [-0.15, -0.1) is 0 Å². The van der Waals surface area contributed by atoms with Crippen molar-refractivity contribution in [3.05, 3.63) is 83.8 Å². The molecule has 7 heteroatoms. The number of methoxy groups -OCH3 is 1. The van der Waals surface area contributed by atoms with Gasteiger partial charge in [-0.2, -0.15) is 5.10 Å². The maximum atomic E-state index is 12.8. The number of hydrogen-bond donors (Lipinski definition) is 1. The highest BCUT2D eigenvalue weighted by Gasteiger charge is 2.27. The van der Waals surface area contributed by atoms with Gasteiger partial charge in [-0.1, -0.05) is 38.1 Å². The molecule has 4 aromatic rings. The maximum absolute atomic E-state index is 12.8. The predicted molar refractivity (Wildman–Crippen MR) is 135 cm³/mol. The molecule has 178 valence electrons. The van der Waals surface area contributed by atoms with Crippen LogP contribution in [0.3, 0.4) is 0 Å². The van der Waals surface area contributed by atoms with E-state index in [2.05, 4.69) is 42.3 Å². The minimum absolute atomic E-state index is 0.115. The highest BCUT2D eigenvalue weighted by molar-refractivity contribution is 6.03. The second-order valence-electron chi connectivity index (χ2n) is 8.83. The molecule has 5 rings (SSSR count). The standard InChI is InChI=1S/C28H28N4O3/c1-18(2)21-4-5-22(24(16-21)34-3)17-35-23-8-6-19(7-9-23)25-26(20-10-12-29-13-11-20)31-32-15-14-30-28(33)27(25)32/h4-13,16,18H,14-15,17H2,1-3H3,(H,30,33). The highest BCUT2D eigenvalue weighted by Crippen LogP contribution is 2.36. The quantitative estimate of drug-likeness (QED) is 0.410. The number of aromatic nitrogens is 3. The summed E-state index contributed by atoms with van der Waals surface area (Å²) < 4.78 is 13.4. The Bertz CT molecular complexity index is 1340. The lowest BCUT2D eigenvalue weighted by Crippen LogP contribution is -2.35. The zero-order chi connectivity index (χ0) is 24.4. The van der Waals surface area contributed by atoms with Gasteiger partial charge in [0.15, 0.2) is 0 Å². The molecule has 2 aromatic heterocycles. The van der Waals surface area contributed by atoms with Crippen molar-refractivity contribution in [1.82, 2.24) is 20.1 Å². The third-order valence-corrected chi connectivity index (χ3v) is 6.25. The summed E-state index contributed by atoms with van der Waals surface area (Å²) in [6.07, 6.45) is 3.47. The van der Waals surface area contributed by atoms with E-state index in [0.29, 0.717) is 31.3 Å². The van der Waals surface area contributed by atoms with Crippen molar-refractivity contribution in [2.75, 3.05) is 13.7 Å². The molecule has 0 fully saturated rings. The van der Waals surface area contributed by atoms with Crippen molar-refractivity contribution in [3.8, 4) is 33.9 Å². The number of nitrogens with zero attached hydrogens (tertiary/aromatic N) is 3. The number of carbonyl (C=O) groups excluding carboxylic acids is 1. The van der Waals surface area contributed by atoms with E-state index >= 15 is 0 Å². The monoisotopic (exact) mass is 468 g/mol. The second-order valence-corrected chi connectivity index (χ2v) is 8.83. The number of benzene rings is 2. The zero-order valence-electron chi connectivity index (χ0n) is 20.1. The number of rotatable bonds is 7. The van der Waals surface area contributed by atoms with E-state index < -0.39 is 0 Å². The first kappa shape index (κ1) is 22.7. The lowest BCUT2D eigenvalue weighted by molar-refractivity contribution is 0.0925. The fourth-order valence-electron chi connectivity index (χ4n) is 4.32. The molecule has 1 aliphatic heterocycles. The van der Waals surface area contributed by atoms with Crippen molar-refractivity contribution >= 4 is 5.91 Å². The Kier molecular flexibility index (Phi) is 6.23. The van der Waals surface area contributed by atoms with Crippen LogP contribution >= 0.6 is 0 Å². The molecule has 0 spiro atoms. The largest absolute Gasteiger partial charge is 0.496 e. The molecule has 0 aliphatic carbocycles. The van der Waals surface area contributed by atoms with Gasteiger partial charge in [-0.3, -0.25) is 14.5 Å². The third kappa shape index (κ3) is 4.49. The lowest BCUT2D eigenvalue weighted by atomic mass is 9.98. The van der Waals surface area contributed by atoms with Crippen LogP contribution in [-0.2, 0) is 13.2 Å². The van der Waals surface area contributed by atoms with E-state index in [4.69, 9.17) is 14.6 Å². The van der Waals surface area contributed by atoms with Crippen LogP contribution in [0.25, 0.3) is 22.4 Å². The average Bonchev–Trinajstić information content (AvgIpc) is 3.29. The van der Waals surface area contributed by atoms with Gasteiger partial charge < -0.3 is 14.8 Å². The minimum atomic E-state index is -0.115. The number of hydrogen-bond acceptors (Lipinski definition) is 5. The van der Waals surface area contributed by atoms with Crippen LogP contribution in [0.5, 0.6) is 11.5 Å². The van der Waals surface area contributed by atoms with Gasteiger partial charge in [0.05, 0.1) is 13.7 Å². The lowest BCUT2D eigenvalue weighted by Gasteiger charge is -2.16. The minimum Gasteiger partial charge on any atom is -0.496 e. The normalized spacial score (nSPS) is 12.9. The van der Waals surface area contributed by atoms with Crippen molar-refractivity contribution in [2.45, 2.75) is 32.9 Å². The fraction of sp³-hybridized carbons (Fsp3) is 0.250. The molecular weight excluding hydrogens is 440 g/mol. The Balaban J connectivity index is 1.43. The van der Waals surface area contributed by atoms with Crippen LogP contribution in [0.2, 0.25) is 0 Å². The van der Waals surface area contributed by atoms with E-state index in [-0.39, 0.29) is 5.91 Å². The second kappa shape index (κ2) is 9.62. The molecule has 0 bridgehead atoms. The Morgan fingerprint density at radius 1 is 1.03 bits per heavy atom. The van der Waals surface area contributed by atoms with Crippen LogP contribution in [-0.4, -0.2) is 34.3 Å². The number of amides is 1. The molecule has 0 saturated carbocycles. The molecule has 0 saturated heterocycles. The Hall–Kier alpha value is -4.13. The molecule has 1 amide bonds. The molecule has 2 aromatic carbocycles. The van der Waals surface area contributed by atoms with E-state index in [9.17, 15) is 4.79 Å². The van der Waals surface area contributed by atoms with Gasteiger partial charge in [0.1, 0.15) is 29.5 Å². The topological polar surface area (TPSA) is 78.3 Å². The van der Waals surface area contributed by atoms with Crippen LogP contribution in [0.1, 0.15) is 41.4 Å². The Labute approximate surface area is 204 Å². The van der Waals surface area contributed by atoms with Crippen LogP contribution in [0.4, 0.5) is 0 Å². The highest BCUT2D eigenvalue weighted by atomic mass is 16.5. The number of pyridine rings is 1. The third-order valence-electron chi connectivity index (χ3n) is 6.25. The summed E-state index contributed by atoms with van der Waals surface area (Å²) in [5, 5.41) is 7.70. The summed E-state index contributed by atoms with van der Waals surface area (Å²) in [7, 11) is 1.68. The first-order valence-electron chi connectivity index (χ1n) is 11.7. The Morgan fingerprint density at radius 3 is 2.51 bits per heavy atom. The van der Waals surface area contributed by atoms with Crippen molar-refractivity contribution in [2.24, 2.45) is 0 Å². The van der Waals surface area contributed by atoms with Crippen molar-refractivity contribution < 1.29 is 14.3 Å². The van der Waals surface area contributed by atoms with Gasteiger partial charge in [0.2, 0.25) is 0 Å². The van der Waals surface area contributed by atoms with E-state index in [1.165, 1.54) is 5.56 Å². The maximum Gasteiger partial charge on any atom is 0.270 e. The summed E-state index contributed by atoms with van der Waals surface area (Å²) in [5.74, 6) is 1.88. The van der Waals surface area contributed by atoms with Crippen LogP contribution < -0.4 is 14.8 Å². The van der Waals surface area contributed by atoms with Gasteiger partial charge in [-0.25, -0.2) is 0 Å². The van der Waals surface area contributed by atoms with E-state index in [1.807, 2.05) is 36.4 Å². The summed E-state index contributed by atoms with van der Waals surface area (Å²) >= 11 is 0. The summed E-state index contributed by atoms with van der Waals surface area (Å²) in [5.41, 5.74) is 6.20. The zero-order valence-corrected chi connectivity index (χ0v) is 20.1. The van der Waals surface area contributed by atoms with Gasteiger partial charge >= 0.3 is 0 Å². The first-order valence-corrected chi connectivity index (χ1v) is 11.7. The van der Waals surface area contributed by atoms with Gasteiger partial charge in [0, 0.05) is 35.6 Å². The molecule has 0 unspecified atom stereocenters. The molecule has 35 heavy (non-hydrogen) atoms. The summed E-state index contributed by atoms with van der Waals surface area (Å²) in [6, 6.07) is 17.8. The SMILES string of the molecule is COc1cc(C(C)C)ccc1COc1ccc(-c2c(-c3ccncc3)nn3c2C(=O)NCC3)cc1. The van der Waals surface area contributed by atoms with Crippen LogP contribution in [0.15, 0.2) is 67.0 Å². The molecule has 3 heterocycles. The van der Waals surface area contributed by atoms with Crippen molar-refractivity contribution in [1.29, 1.82) is 0 Å². The van der Waals surface area contributed by atoms with E-state index in [1.54, 1.807) is 24.2 Å². The summed E-state index contributed by atoms with van der Waals surface area (Å²) in [4.78, 5) is 16.9. The average molecular weight is 469 g/mol. The van der Waals surface area contributed by atoms with Crippen molar-refractivity contribution in [3.63, 3.8) is 0 Å². The first-order chi connectivity index (χ1) is 17.0.